The maximum absolute atomic E-state index is 13.2. The Morgan fingerprint density at radius 1 is 1.10 bits per heavy atom. The number of fused-ring (bicyclic) bond motifs is 1. The van der Waals surface area contributed by atoms with E-state index in [0.717, 1.165) is 35.3 Å². The third kappa shape index (κ3) is 4.89. The normalized spacial score (nSPS) is 27.9. The highest BCUT2D eigenvalue weighted by molar-refractivity contribution is 7.17. The van der Waals surface area contributed by atoms with Gasteiger partial charge in [-0.15, -0.1) is 11.3 Å². The van der Waals surface area contributed by atoms with Crippen LogP contribution in [0.1, 0.15) is 71.8 Å². The number of amides is 1. The number of rotatable bonds is 8. The second-order valence-electron chi connectivity index (χ2n) is 11.5. The fraction of sp³-hybridized carbons (Fsp3) is 0.552. The van der Waals surface area contributed by atoms with Gasteiger partial charge in [0.2, 0.25) is 6.79 Å². The van der Waals surface area contributed by atoms with Gasteiger partial charge in [0, 0.05) is 11.3 Å². The lowest BCUT2D eigenvalue weighted by Crippen LogP contribution is -2.58. The van der Waals surface area contributed by atoms with Crippen molar-refractivity contribution in [2.24, 2.45) is 17.3 Å². The molecule has 0 radical (unpaired) electrons. The average molecular weight is 556 g/mol. The Labute approximate surface area is 230 Å². The molecule has 2 aromatic rings. The van der Waals surface area contributed by atoms with Crippen molar-refractivity contribution in [3.8, 4) is 11.5 Å². The molecule has 7 rings (SSSR count). The van der Waals surface area contributed by atoms with E-state index in [1.807, 2.05) is 25.1 Å². The highest BCUT2D eigenvalue weighted by Crippen LogP contribution is 2.62. The zero-order valence-electron chi connectivity index (χ0n) is 22.2. The summed E-state index contributed by atoms with van der Waals surface area (Å²) < 4.78 is 21.7. The van der Waals surface area contributed by atoms with Crippen LogP contribution in [0.4, 0.5) is 5.00 Å². The fourth-order valence-electron chi connectivity index (χ4n) is 7.40. The van der Waals surface area contributed by atoms with Gasteiger partial charge in [-0.2, -0.15) is 0 Å². The Balaban J connectivity index is 1.15. The number of carbonyl (C=O) groups is 3. The number of aliphatic hydroxyl groups is 1. The van der Waals surface area contributed by atoms with E-state index in [9.17, 15) is 19.5 Å². The molecule has 2 unspecified atom stereocenters. The van der Waals surface area contributed by atoms with Crippen molar-refractivity contribution in [2.45, 2.75) is 64.4 Å². The number of ether oxygens (including phenoxy) is 4. The SMILES string of the molecule is CCOC(=O)c1c(NC(=O)COC(=O)C23CC4CC(CC(O)(C4)C2)C3)sc(Cc2ccc3c(c2)OCO3)c1C. The molecule has 4 bridgehead atoms. The number of hydrogen-bond donors (Lipinski definition) is 2. The highest BCUT2D eigenvalue weighted by Gasteiger charge is 2.61. The molecule has 1 amide bonds. The number of anilines is 1. The predicted octanol–water partition coefficient (Wildman–Crippen LogP) is 4.37. The standard InChI is InChI=1S/C29H33NO8S/c1-3-35-26(32)24-16(2)22(8-17-4-5-20-21(7-17)38-15-37-20)39-25(24)30-23(31)13-36-27(33)28-9-18-6-19(10-28)12-29(34,11-18)14-28/h4-5,7,18-19,34H,3,6,8-15H2,1-2H3,(H,30,31). The first-order valence-electron chi connectivity index (χ1n) is 13.5. The molecule has 2 N–H and O–H groups in total. The van der Waals surface area contributed by atoms with Gasteiger partial charge in [0.1, 0.15) is 5.00 Å². The first-order chi connectivity index (χ1) is 18.7. The van der Waals surface area contributed by atoms with Crippen molar-refractivity contribution < 1.29 is 38.4 Å². The Morgan fingerprint density at radius 3 is 2.56 bits per heavy atom. The van der Waals surface area contributed by atoms with Crippen LogP contribution in [-0.2, 0) is 25.5 Å². The Bertz CT molecular complexity index is 1320. The monoisotopic (exact) mass is 555 g/mol. The van der Waals surface area contributed by atoms with Gasteiger partial charge in [0.05, 0.1) is 23.2 Å². The molecule has 9 nitrogen and oxygen atoms in total. The Hall–Kier alpha value is -3.11. The molecule has 1 aliphatic heterocycles. The molecule has 1 aromatic heterocycles. The van der Waals surface area contributed by atoms with Crippen molar-refractivity contribution in [1.82, 2.24) is 0 Å². The van der Waals surface area contributed by atoms with E-state index >= 15 is 0 Å². The smallest absolute Gasteiger partial charge is 0.341 e. The molecular formula is C29H33NO8S. The molecule has 2 atom stereocenters. The molecule has 0 saturated heterocycles. The second-order valence-corrected chi connectivity index (χ2v) is 12.6. The molecule has 10 heteroatoms. The van der Waals surface area contributed by atoms with Gasteiger partial charge in [-0.05, 0) is 87.5 Å². The van der Waals surface area contributed by atoms with Gasteiger partial charge in [0.15, 0.2) is 18.1 Å². The largest absolute Gasteiger partial charge is 0.462 e. The summed E-state index contributed by atoms with van der Waals surface area (Å²) >= 11 is 1.30. The number of nitrogens with one attached hydrogen (secondary N) is 1. The van der Waals surface area contributed by atoms with Crippen LogP contribution in [0.5, 0.6) is 11.5 Å². The van der Waals surface area contributed by atoms with E-state index in [2.05, 4.69) is 5.32 Å². The van der Waals surface area contributed by atoms with Crippen LogP contribution in [0.3, 0.4) is 0 Å². The van der Waals surface area contributed by atoms with Gasteiger partial charge in [-0.3, -0.25) is 9.59 Å². The summed E-state index contributed by atoms with van der Waals surface area (Å²) in [5.41, 5.74) is 0.517. The van der Waals surface area contributed by atoms with Gasteiger partial charge in [0.25, 0.3) is 5.91 Å². The lowest BCUT2D eigenvalue weighted by atomic mass is 9.48. The Kier molecular flexibility index (Phi) is 6.58. The van der Waals surface area contributed by atoms with Crippen LogP contribution in [0.25, 0.3) is 0 Å². The van der Waals surface area contributed by atoms with Crippen LogP contribution in [-0.4, -0.2) is 48.6 Å². The van der Waals surface area contributed by atoms with Crippen molar-refractivity contribution >= 4 is 34.2 Å². The quantitative estimate of drug-likeness (QED) is 0.461. The van der Waals surface area contributed by atoms with E-state index in [1.54, 1.807) is 6.92 Å². The molecule has 4 saturated carbocycles. The van der Waals surface area contributed by atoms with E-state index in [0.29, 0.717) is 59.6 Å². The first-order valence-corrected chi connectivity index (χ1v) is 14.4. The van der Waals surface area contributed by atoms with E-state index in [4.69, 9.17) is 18.9 Å². The maximum atomic E-state index is 13.2. The average Bonchev–Trinajstić information content (AvgIpc) is 3.45. The van der Waals surface area contributed by atoms with E-state index in [-0.39, 0.29) is 13.4 Å². The van der Waals surface area contributed by atoms with Crippen molar-refractivity contribution in [1.29, 1.82) is 0 Å². The summed E-state index contributed by atoms with van der Waals surface area (Å²) in [5.74, 6) is 0.601. The number of thiophene rings is 1. The molecule has 5 aliphatic rings. The van der Waals surface area contributed by atoms with Crippen molar-refractivity contribution in [3.05, 3.63) is 39.8 Å². The minimum absolute atomic E-state index is 0.188. The highest BCUT2D eigenvalue weighted by atomic mass is 32.1. The zero-order valence-corrected chi connectivity index (χ0v) is 23.0. The molecule has 4 fully saturated rings. The third-order valence-corrected chi connectivity index (χ3v) is 9.78. The van der Waals surface area contributed by atoms with Crippen LogP contribution in [0.15, 0.2) is 18.2 Å². The second kappa shape index (κ2) is 9.82. The summed E-state index contributed by atoms with van der Waals surface area (Å²) in [4.78, 5) is 39.9. The summed E-state index contributed by atoms with van der Waals surface area (Å²) in [7, 11) is 0. The van der Waals surface area contributed by atoms with E-state index in [1.165, 1.54) is 11.3 Å². The van der Waals surface area contributed by atoms with Gasteiger partial charge in [-0.25, -0.2) is 4.79 Å². The molecule has 1 aromatic carbocycles. The molecule has 2 heterocycles. The minimum Gasteiger partial charge on any atom is -0.462 e. The first kappa shape index (κ1) is 26.1. The van der Waals surface area contributed by atoms with Crippen molar-refractivity contribution in [3.63, 3.8) is 0 Å². The third-order valence-electron chi connectivity index (χ3n) is 8.58. The van der Waals surface area contributed by atoms with Gasteiger partial charge >= 0.3 is 11.9 Å². The lowest BCUT2D eigenvalue weighted by molar-refractivity contribution is -0.196. The molecular weight excluding hydrogens is 522 g/mol. The van der Waals surface area contributed by atoms with Crippen LogP contribution >= 0.6 is 11.3 Å². The molecule has 39 heavy (non-hydrogen) atoms. The molecule has 0 spiro atoms. The van der Waals surface area contributed by atoms with Gasteiger partial charge < -0.3 is 29.4 Å². The van der Waals surface area contributed by atoms with Crippen molar-refractivity contribution in [2.75, 3.05) is 25.3 Å². The minimum atomic E-state index is -0.789. The van der Waals surface area contributed by atoms with Crippen LogP contribution in [0.2, 0.25) is 0 Å². The molecule has 4 aliphatic carbocycles. The lowest BCUT2D eigenvalue weighted by Gasteiger charge is -2.58. The fourth-order valence-corrected chi connectivity index (χ4v) is 8.65. The van der Waals surface area contributed by atoms with Crippen LogP contribution in [0, 0.1) is 24.2 Å². The maximum Gasteiger partial charge on any atom is 0.341 e. The van der Waals surface area contributed by atoms with Gasteiger partial charge in [-0.1, -0.05) is 6.07 Å². The number of hydrogen-bond acceptors (Lipinski definition) is 9. The molecule has 208 valence electrons. The zero-order chi connectivity index (χ0) is 27.4. The predicted molar refractivity (Wildman–Crippen MR) is 142 cm³/mol. The summed E-state index contributed by atoms with van der Waals surface area (Å²) in [6.07, 6.45) is 4.93. The summed E-state index contributed by atoms with van der Waals surface area (Å²) in [5, 5.41) is 14.1. The number of carbonyl (C=O) groups excluding carboxylic acids is 3. The summed E-state index contributed by atoms with van der Waals surface area (Å²) in [6, 6.07) is 5.70. The summed E-state index contributed by atoms with van der Waals surface area (Å²) in [6.45, 7) is 3.50. The Morgan fingerprint density at radius 2 is 1.85 bits per heavy atom. The van der Waals surface area contributed by atoms with E-state index < -0.39 is 35.5 Å². The van der Waals surface area contributed by atoms with Crippen LogP contribution < -0.4 is 14.8 Å². The number of esters is 2. The topological polar surface area (TPSA) is 120 Å². The number of benzene rings is 1.